The first-order valence-corrected chi connectivity index (χ1v) is 10.9. The van der Waals surface area contributed by atoms with Crippen LogP contribution in [0.2, 0.25) is 0 Å². The van der Waals surface area contributed by atoms with Crippen molar-refractivity contribution in [3.8, 4) is 23.0 Å². The molecule has 0 saturated heterocycles. The van der Waals surface area contributed by atoms with Crippen molar-refractivity contribution >= 4 is 17.6 Å². The minimum Gasteiger partial charge on any atom is -0.508 e. The number of nitrogens with zero attached hydrogens (tertiary/aromatic N) is 1. The highest BCUT2D eigenvalue weighted by atomic mass is 19.1. The Kier molecular flexibility index (Phi) is 4.74. The van der Waals surface area contributed by atoms with Crippen LogP contribution >= 0.6 is 0 Å². The van der Waals surface area contributed by atoms with Gasteiger partial charge in [0.15, 0.2) is 5.60 Å². The minimum atomic E-state index is -1.39. The van der Waals surface area contributed by atoms with Gasteiger partial charge in [-0.1, -0.05) is 18.2 Å². The van der Waals surface area contributed by atoms with Crippen LogP contribution in [-0.2, 0) is 10.3 Å². The van der Waals surface area contributed by atoms with Gasteiger partial charge in [0, 0.05) is 41.0 Å². The topological polar surface area (TPSA) is 125 Å². The lowest BCUT2D eigenvalue weighted by Gasteiger charge is -2.36. The number of fused-ring (bicyclic) bond motifs is 6. The van der Waals surface area contributed by atoms with Crippen molar-refractivity contribution < 1.29 is 38.2 Å². The van der Waals surface area contributed by atoms with Gasteiger partial charge in [-0.25, -0.2) is 14.0 Å². The fraction of sp³-hybridized carbons (Fsp3) is 0.0370. The lowest BCUT2D eigenvalue weighted by atomic mass is 9.77. The predicted octanol–water partition coefficient (Wildman–Crippen LogP) is 5.23. The minimum absolute atomic E-state index is 0.0500. The first-order valence-electron chi connectivity index (χ1n) is 10.9. The Labute approximate surface area is 207 Å². The van der Waals surface area contributed by atoms with Crippen LogP contribution < -0.4 is 9.47 Å². The van der Waals surface area contributed by atoms with E-state index in [1.807, 2.05) is 0 Å². The van der Waals surface area contributed by atoms with Crippen molar-refractivity contribution in [1.29, 1.82) is 0 Å². The average Bonchev–Trinajstić information content (AvgIpc) is 3.16. The van der Waals surface area contributed by atoms with Gasteiger partial charge in [0.1, 0.15) is 34.4 Å². The SMILES string of the molecule is O=C(Oc1ccc2c(c1)Oc1cc(O)ccc1C21OC(=O)c2ccccc21)c1cc([N+](=O)[O-])ccc1F. The zero-order valence-electron chi connectivity index (χ0n) is 18.6. The molecule has 9 nitrogen and oxygen atoms in total. The van der Waals surface area contributed by atoms with E-state index in [4.69, 9.17) is 14.2 Å². The highest BCUT2D eigenvalue weighted by Crippen LogP contribution is 2.56. The van der Waals surface area contributed by atoms with Gasteiger partial charge in [0.05, 0.1) is 10.5 Å². The molecular formula is C27H14FNO8. The zero-order valence-corrected chi connectivity index (χ0v) is 18.6. The van der Waals surface area contributed by atoms with Crippen LogP contribution in [0.3, 0.4) is 0 Å². The third-order valence-corrected chi connectivity index (χ3v) is 6.26. The molecule has 0 aromatic heterocycles. The van der Waals surface area contributed by atoms with Gasteiger partial charge in [-0.15, -0.1) is 0 Å². The maximum Gasteiger partial charge on any atom is 0.346 e. The van der Waals surface area contributed by atoms with E-state index in [1.165, 1.54) is 24.3 Å². The molecule has 0 aliphatic carbocycles. The largest absolute Gasteiger partial charge is 0.508 e. The third-order valence-electron chi connectivity index (χ3n) is 6.26. The monoisotopic (exact) mass is 499 g/mol. The second kappa shape index (κ2) is 7.89. The van der Waals surface area contributed by atoms with Crippen molar-refractivity contribution in [3.63, 3.8) is 0 Å². The number of ether oxygens (including phenoxy) is 3. The van der Waals surface area contributed by atoms with E-state index in [-0.39, 0.29) is 23.0 Å². The van der Waals surface area contributed by atoms with Crippen LogP contribution in [0.15, 0.2) is 78.9 Å². The molecule has 1 atom stereocenters. The number of esters is 2. The van der Waals surface area contributed by atoms with Crippen LogP contribution in [-0.4, -0.2) is 22.0 Å². The summed E-state index contributed by atoms with van der Waals surface area (Å²) < 4.78 is 31.5. The molecule has 0 amide bonds. The fourth-order valence-electron chi connectivity index (χ4n) is 4.65. The number of non-ortho nitro benzene ring substituents is 1. The molecule has 0 fully saturated rings. The summed E-state index contributed by atoms with van der Waals surface area (Å²) in [6.45, 7) is 0. The van der Waals surface area contributed by atoms with E-state index in [0.717, 1.165) is 18.2 Å². The fourth-order valence-corrected chi connectivity index (χ4v) is 4.65. The average molecular weight is 499 g/mol. The van der Waals surface area contributed by atoms with Gasteiger partial charge in [-0.2, -0.15) is 0 Å². The molecule has 1 unspecified atom stereocenters. The molecule has 1 spiro atoms. The number of halogens is 1. The Balaban J connectivity index is 1.45. The summed E-state index contributed by atoms with van der Waals surface area (Å²) in [6.07, 6.45) is 0. The van der Waals surface area contributed by atoms with Crippen molar-refractivity contribution in [2.24, 2.45) is 0 Å². The van der Waals surface area contributed by atoms with Crippen LogP contribution in [0.1, 0.15) is 37.4 Å². The van der Waals surface area contributed by atoms with Crippen LogP contribution in [0.5, 0.6) is 23.0 Å². The van der Waals surface area contributed by atoms with Gasteiger partial charge in [0.25, 0.3) is 5.69 Å². The normalized spacial score (nSPS) is 16.7. The van der Waals surface area contributed by atoms with E-state index in [1.54, 1.807) is 36.4 Å². The van der Waals surface area contributed by atoms with Crippen molar-refractivity contribution in [3.05, 3.63) is 123 Å². The highest BCUT2D eigenvalue weighted by molar-refractivity contribution is 5.97. The Bertz CT molecular complexity index is 1670. The Hall–Kier alpha value is -5.25. The molecule has 1 N–H and O–H groups in total. The molecule has 2 aliphatic rings. The van der Waals surface area contributed by atoms with Crippen molar-refractivity contribution in [2.45, 2.75) is 5.60 Å². The first-order chi connectivity index (χ1) is 17.8. The molecule has 2 heterocycles. The van der Waals surface area contributed by atoms with Crippen LogP contribution in [0.4, 0.5) is 10.1 Å². The van der Waals surface area contributed by atoms with Gasteiger partial charge < -0.3 is 19.3 Å². The van der Waals surface area contributed by atoms with Gasteiger partial charge >= 0.3 is 11.9 Å². The number of nitro groups is 1. The summed E-state index contributed by atoms with van der Waals surface area (Å²) in [7, 11) is 0. The third kappa shape index (κ3) is 3.30. The number of nitro benzene ring substituents is 1. The number of phenols is 1. The molecule has 182 valence electrons. The summed E-state index contributed by atoms with van der Waals surface area (Å²) in [5, 5.41) is 21.1. The van der Waals surface area contributed by atoms with E-state index in [2.05, 4.69) is 0 Å². The smallest absolute Gasteiger partial charge is 0.346 e. The van der Waals surface area contributed by atoms with E-state index < -0.39 is 39.5 Å². The maximum absolute atomic E-state index is 14.2. The van der Waals surface area contributed by atoms with Crippen LogP contribution in [0.25, 0.3) is 0 Å². The Morgan fingerprint density at radius 1 is 0.946 bits per heavy atom. The van der Waals surface area contributed by atoms with E-state index in [9.17, 15) is 29.2 Å². The number of carbonyl (C=O) groups is 2. The number of hydrogen-bond acceptors (Lipinski definition) is 8. The summed E-state index contributed by atoms with van der Waals surface area (Å²) in [4.78, 5) is 35.8. The van der Waals surface area contributed by atoms with Gasteiger partial charge in [0.2, 0.25) is 0 Å². The summed E-state index contributed by atoms with van der Waals surface area (Å²) in [5.41, 5.74) is -0.616. The number of hydrogen-bond donors (Lipinski definition) is 1. The molecule has 4 aromatic rings. The second-order valence-corrected chi connectivity index (χ2v) is 8.37. The zero-order chi connectivity index (χ0) is 25.9. The molecule has 37 heavy (non-hydrogen) atoms. The standard InChI is InChI=1S/C27H14FNO8/c28-22-10-5-14(29(33)34)11-18(22)25(31)35-16-7-9-21-24(13-16)36-23-12-15(30)6-8-20(23)27(21)19-4-2-1-3-17(19)26(32)37-27/h1-13,30H. The maximum atomic E-state index is 14.2. The molecule has 4 aromatic carbocycles. The summed E-state index contributed by atoms with van der Waals surface area (Å²) in [5.74, 6) is -2.44. The number of carbonyl (C=O) groups excluding carboxylic acids is 2. The Morgan fingerprint density at radius 3 is 2.46 bits per heavy atom. The van der Waals surface area contributed by atoms with E-state index in [0.29, 0.717) is 22.3 Å². The number of rotatable bonds is 3. The van der Waals surface area contributed by atoms with E-state index >= 15 is 0 Å². The predicted molar refractivity (Wildman–Crippen MR) is 124 cm³/mol. The molecule has 0 bridgehead atoms. The lowest BCUT2D eigenvalue weighted by molar-refractivity contribution is -0.384. The number of aromatic hydroxyl groups is 1. The molecule has 10 heteroatoms. The van der Waals surface area contributed by atoms with Crippen molar-refractivity contribution in [2.75, 3.05) is 0 Å². The number of benzene rings is 4. The molecule has 0 saturated carbocycles. The van der Waals surface area contributed by atoms with Gasteiger partial charge in [-0.3, -0.25) is 10.1 Å². The highest BCUT2D eigenvalue weighted by Gasteiger charge is 2.53. The first kappa shape index (κ1) is 22.2. The summed E-state index contributed by atoms with van der Waals surface area (Å²) in [6, 6.07) is 18.1. The van der Waals surface area contributed by atoms with Crippen LogP contribution in [0, 0.1) is 15.9 Å². The molecule has 0 radical (unpaired) electrons. The Morgan fingerprint density at radius 2 is 1.68 bits per heavy atom. The second-order valence-electron chi connectivity index (χ2n) is 8.37. The van der Waals surface area contributed by atoms with Gasteiger partial charge in [-0.05, 0) is 36.4 Å². The lowest BCUT2D eigenvalue weighted by Crippen LogP contribution is -2.33. The number of phenolic OH excluding ortho intramolecular Hbond substituents is 1. The van der Waals surface area contributed by atoms with Crippen molar-refractivity contribution in [1.82, 2.24) is 0 Å². The summed E-state index contributed by atoms with van der Waals surface area (Å²) >= 11 is 0. The quantitative estimate of drug-likeness (QED) is 0.176. The molecule has 6 rings (SSSR count). The molecule has 2 aliphatic heterocycles. The molecular weight excluding hydrogens is 485 g/mol.